The Morgan fingerprint density at radius 1 is 1.19 bits per heavy atom. The van der Waals surface area contributed by atoms with E-state index in [1.165, 1.54) is 4.31 Å². The Bertz CT molecular complexity index is 854. The smallest absolute Gasteiger partial charge is 0.276 e. The van der Waals surface area contributed by atoms with Crippen molar-refractivity contribution in [2.75, 3.05) is 26.2 Å². The summed E-state index contributed by atoms with van der Waals surface area (Å²) in [7, 11) is -3.67. The van der Waals surface area contributed by atoms with Crippen molar-refractivity contribution in [2.24, 2.45) is 5.14 Å². The average Bonchev–Trinajstić information content (AvgIpc) is 3.04. The number of hydrogen-bond donors (Lipinski definition) is 2. The molecule has 9 heteroatoms. The van der Waals surface area contributed by atoms with Crippen LogP contribution in [0.15, 0.2) is 34.7 Å². The molecule has 2 atom stereocenters. The minimum Gasteiger partial charge on any atom is -0.459 e. The highest BCUT2D eigenvalue weighted by Crippen LogP contribution is 2.23. The van der Waals surface area contributed by atoms with Gasteiger partial charge in [-0.25, -0.2) is 5.14 Å². The molecule has 0 radical (unpaired) electrons. The molecule has 142 valence electrons. The Morgan fingerprint density at radius 2 is 1.85 bits per heavy atom. The third kappa shape index (κ3) is 4.07. The lowest BCUT2D eigenvalue weighted by Gasteiger charge is -2.36. The van der Waals surface area contributed by atoms with Crippen LogP contribution < -0.4 is 10.5 Å². The van der Waals surface area contributed by atoms with Gasteiger partial charge in [0.25, 0.3) is 10.2 Å². The number of hydrogen-bond acceptors (Lipinski definition) is 5. The van der Waals surface area contributed by atoms with Gasteiger partial charge in [-0.2, -0.15) is 12.7 Å². The molecule has 1 aromatic heterocycles. The number of benzene rings is 1. The van der Waals surface area contributed by atoms with E-state index in [0.717, 1.165) is 11.0 Å². The van der Waals surface area contributed by atoms with E-state index >= 15 is 0 Å². The summed E-state index contributed by atoms with van der Waals surface area (Å²) in [4.78, 5) is 14.5. The zero-order valence-corrected chi connectivity index (χ0v) is 15.7. The predicted molar refractivity (Wildman–Crippen MR) is 98.5 cm³/mol. The molecule has 0 spiro atoms. The molecule has 26 heavy (non-hydrogen) atoms. The number of furan rings is 1. The summed E-state index contributed by atoms with van der Waals surface area (Å²) >= 11 is 0. The highest BCUT2D eigenvalue weighted by molar-refractivity contribution is 7.86. The van der Waals surface area contributed by atoms with Gasteiger partial charge in [-0.1, -0.05) is 18.2 Å². The maximum atomic E-state index is 12.6. The number of nitrogens with two attached hydrogens (primary N) is 1. The van der Waals surface area contributed by atoms with Crippen molar-refractivity contribution >= 4 is 27.1 Å². The van der Waals surface area contributed by atoms with Gasteiger partial charge in [-0.15, -0.1) is 0 Å². The Balaban J connectivity index is 1.59. The monoisotopic (exact) mass is 380 g/mol. The van der Waals surface area contributed by atoms with E-state index in [0.29, 0.717) is 18.8 Å². The predicted octanol–water partition coefficient (Wildman–Crippen LogP) is 0.820. The van der Waals surface area contributed by atoms with Gasteiger partial charge in [-0.3, -0.25) is 9.69 Å². The summed E-state index contributed by atoms with van der Waals surface area (Å²) in [5, 5.41) is 9.10. The topological polar surface area (TPSA) is 109 Å². The molecule has 1 aromatic carbocycles. The summed E-state index contributed by atoms with van der Waals surface area (Å²) in [6.07, 6.45) is 0. The van der Waals surface area contributed by atoms with Crippen molar-refractivity contribution in [1.29, 1.82) is 0 Å². The van der Waals surface area contributed by atoms with Crippen molar-refractivity contribution in [3.63, 3.8) is 0 Å². The lowest BCUT2D eigenvalue weighted by Crippen LogP contribution is -2.56. The number of amides is 1. The zero-order chi connectivity index (χ0) is 18.9. The van der Waals surface area contributed by atoms with E-state index in [1.54, 1.807) is 0 Å². The third-order valence-electron chi connectivity index (χ3n) is 4.79. The Labute approximate surface area is 153 Å². The quantitative estimate of drug-likeness (QED) is 0.798. The zero-order valence-electron chi connectivity index (χ0n) is 14.9. The van der Waals surface area contributed by atoms with Gasteiger partial charge in [0, 0.05) is 31.6 Å². The first-order valence-electron chi connectivity index (χ1n) is 8.56. The highest BCUT2D eigenvalue weighted by atomic mass is 32.2. The number of carbonyl (C=O) groups excluding carboxylic acids is 1. The fourth-order valence-corrected chi connectivity index (χ4v) is 3.80. The first kappa shape index (κ1) is 18.8. The highest BCUT2D eigenvalue weighted by Gasteiger charge is 2.29. The number of nitrogens with one attached hydrogen (secondary N) is 1. The molecule has 0 aliphatic carbocycles. The lowest BCUT2D eigenvalue weighted by atomic mass is 10.2. The number of rotatable bonds is 5. The second-order valence-corrected chi connectivity index (χ2v) is 8.12. The third-order valence-corrected chi connectivity index (χ3v) is 5.88. The summed E-state index contributed by atoms with van der Waals surface area (Å²) in [6, 6.07) is 8.99. The van der Waals surface area contributed by atoms with Crippen LogP contribution in [-0.4, -0.2) is 55.8 Å². The number of para-hydroxylation sites is 1. The molecular formula is C17H24N4O4S. The number of piperazine rings is 1. The van der Waals surface area contributed by atoms with E-state index in [9.17, 15) is 13.2 Å². The van der Waals surface area contributed by atoms with E-state index in [4.69, 9.17) is 9.56 Å². The van der Waals surface area contributed by atoms with Gasteiger partial charge < -0.3 is 9.73 Å². The van der Waals surface area contributed by atoms with Crippen LogP contribution in [0, 0.1) is 0 Å². The second kappa shape index (κ2) is 7.36. The van der Waals surface area contributed by atoms with Gasteiger partial charge in [0.2, 0.25) is 5.91 Å². The average molecular weight is 380 g/mol. The first-order valence-corrected chi connectivity index (χ1v) is 10.1. The molecule has 8 nitrogen and oxygen atoms in total. The molecule has 1 fully saturated rings. The van der Waals surface area contributed by atoms with Gasteiger partial charge in [-0.05, 0) is 26.0 Å². The second-order valence-electron chi connectivity index (χ2n) is 6.57. The molecule has 3 N–H and O–H groups in total. The van der Waals surface area contributed by atoms with Crippen LogP contribution in [0.1, 0.15) is 25.6 Å². The van der Waals surface area contributed by atoms with Crippen molar-refractivity contribution in [3.05, 3.63) is 36.1 Å². The fourth-order valence-electron chi connectivity index (χ4n) is 3.13. The summed E-state index contributed by atoms with van der Waals surface area (Å²) < 4.78 is 29.8. The Kier molecular flexibility index (Phi) is 5.33. The molecule has 0 bridgehead atoms. The van der Waals surface area contributed by atoms with Crippen LogP contribution in [0.3, 0.4) is 0 Å². The minimum atomic E-state index is -3.67. The van der Waals surface area contributed by atoms with E-state index in [2.05, 4.69) is 5.32 Å². The Morgan fingerprint density at radius 3 is 2.46 bits per heavy atom. The lowest BCUT2D eigenvalue weighted by molar-refractivity contribution is -0.127. The van der Waals surface area contributed by atoms with Crippen LogP contribution in [0.25, 0.3) is 11.0 Å². The van der Waals surface area contributed by atoms with Gasteiger partial charge >= 0.3 is 0 Å². The molecule has 1 saturated heterocycles. The molecule has 0 saturated carbocycles. The molecule has 1 amide bonds. The van der Waals surface area contributed by atoms with Crippen molar-refractivity contribution in [2.45, 2.75) is 25.9 Å². The molecule has 1 aliphatic rings. The van der Waals surface area contributed by atoms with Crippen LogP contribution in [0.4, 0.5) is 0 Å². The summed E-state index contributed by atoms with van der Waals surface area (Å²) in [6.45, 7) is 5.19. The van der Waals surface area contributed by atoms with Crippen molar-refractivity contribution in [1.82, 2.24) is 14.5 Å². The number of fused-ring (bicyclic) bond motifs is 1. The number of nitrogens with zero attached hydrogens (tertiary/aromatic N) is 2. The Hall–Kier alpha value is -1.94. The van der Waals surface area contributed by atoms with E-state index in [-0.39, 0.29) is 31.1 Å². The van der Waals surface area contributed by atoms with E-state index < -0.39 is 10.2 Å². The van der Waals surface area contributed by atoms with Crippen LogP contribution in [0.2, 0.25) is 0 Å². The largest absolute Gasteiger partial charge is 0.459 e. The normalized spacial score (nSPS) is 19.3. The van der Waals surface area contributed by atoms with Crippen LogP contribution in [-0.2, 0) is 15.0 Å². The number of carbonyl (C=O) groups is 1. The molecule has 3 rings (SSSR count). The standard InChI is InChI=1S/C17H24N4O4S/c1-12(16-11-14-5-3-4-6-15(14)25-16)19-17(22)13(2)20-7-9-21(10-8-20)26(18,23)24/h3-6,11-13H,7-10H2,1-2H3,(H,19,22)(H2,18,23,24). The molecule has 2 unspecified atom stereocenters. The van der Waals surface area contributed by atoms with Crippen LogP contribution in [0.5, 0.6) is 0 Å². The SMILES string of the molecule is CC(NC(=O)C(C)N1CCN(S(N)(=O)=O)CC1)c1cc2ccccc2o1. The summed E-state index contributed by atoms with van der Waals surface area (Å²) in [5.41, 5.74) is 0.788. The maximum Gasteiger partial charge on any atom is 0.276 e. The van der Waals surface area contributed by atoms with Crippen molar-refractivity contribution in [3.8, 4) is 0 Å². The van der Waals surface area contributed by atoms with Gasteiger partial charge in [0.15, 0.2) is 0 Å². The fraction of sp³-hybridized carbons (Fsp3) is 0.471. The first-order chi connectivity index (χ1) is 12.3. The summed E-state index contributed by atoms with van der Waals surface area (Å²) in [5.74, 6) is 0.577. The molecule has 2 heterocycles. The van der Waals surface area contributed by atoms with Gasteiger partial charge in [0.1, 0.15) is 11.3 Å². The van der Waals surface area contributed by atoms with E-state index in [1.807, 2.05) is 49.1 Å². The van der Waals surface area contributed by atoms with Gasteiger partial charge in [0.05, 0.1) is 12.1 Å². The van der Waals surface area contributed by atoms with Crippen LogP contribution >= 0.6 is 0 Å². The molecule has 1 aliphatic heterocycles. The van der Waals surface area contributed by atoms with Crippen molar-refractivity contribution < 1.29 is 17.6 Å². The maximum absolute atomic E-state index is 12.6. The molecular weight excluding hydrogens is 356 g/mol. The molecule has 2 aromatic rings. The minimum absolute atomic E-state index is 0.123.